The second-order valence-electron chi connectivity index (χ2n) is 5.73. The van der Waals surface area contributed by atoms with E-state index < -0.39 is 0 Å². The first-order valence-electron chi connectivity index (χ1n) is 6.86. The van der Waals surface area contributed by atoms with Crippen LogP contribution in [0.15, 0.2) is 0 Å². The Balaban J connectivity index is 0. The summed E-state index contributed by atoms with van der Waals surface area (Å²) in [7, 11) is 4.49. The van der Waals surface area contributed by atoms with E-state index in [0.717, 1.165) is 50.2 Å². The summed E-state index contributed by atoms with van der Waals surface area (Å²) < 4.78 is 7.82. The zero-order valence-electron chi connectivity index (χ0n) is 12.7. The average molecular weight is 336 g/mol. The van der Waals surface area contributed by atoms with Gasteiger partial charge in [0.2, 0.25) is 0 Å². The smallest absolute Gasteiger partial charge is 0.102 e. The molecule has 1 atom stereocenters. The topological polar surface area (TPSA) is 12.5 Å². The van der Waals surface area contributed by atoms with Gasteiger partial charge in [-0.3, -0.25) is 0 Å². The van der Waals surface area contributed by atoms with Crippen LogP contribution in [0.5, 0.6) is 0 Å². The number of hydrogen-bond acceptors (Lipinski definition) is 2. The van der Waals surface area contributed by atoms with E-state index in [0.29, 0.717) is 5.92 Å². The minimum atomic E-state index is 0. The van der Waals surface area contributed by atoms with Crippen molar-refractivity contribution in [1.29, 1.82) is 0 Å². The van der Waals surface area contributed by atoms with Crippen molar-refractivity contribution in [2.45, 2.75) is 33.1 Å². The maximum absolute atomic E-state index is 5.63. The number of quaternary nitrogens is 1. The standard InChI is InChI=1S/C13H29Cl2N2O.ClH/c1-5-6-10-18-11-9-17(3,4)8-7-13(2)12-16(14)15;/h13H,5-12H2,1-4H3;1H/q+1;/p-1. The highest BCUT2D eigenvalue weighted by atomic mass is 35.5. The largest absolute Gasteiger partial charge is 1.00 e. The maximum Gasteiger partial charge on any atom is 0.102 e. The Bertz CT molecular complexity index is 204. The van der Waals surface area contributed by atoms with Gasteiger partial charge in [0.15, 0.2) is 0 Å². The molecule has 0 saturated heterocycles. The van der Waals surface area contributed by atoms with Gasteiger partial charge in [-0.1, -0.05) is 20.3 Å². The summed E-state index contributed by atoms with van der Waals surface area (Å²) in [5.74, 6) is 0.512. The quantitative estimate of drug-likeness (QED) is 0.310. The van der Waals surface area contributed by atoms with Gasteiger partial charge in [0.1, 0.15) is 6.54 Å². The van der Waals surface area contributed by atoms with Crippen molar-refractivity contribution in [3.05, 3.63) is 0 Å². The molecule has 0 aliphatic carbocycles. The van der Waals surface area contributed by atoms with Crippen LogP contribution in [0.3, 0.4) is 0 Å². The van der Waals surface area contributed by atoms with Crippen molar-refractivity contribution in [2.75, 3.05) is 46.9 Å². The molecule has 0 aromatic rings. The van der Waals surface area contributed by atoms with Crippen LogP contribution >= 0.6 is 23.6 Å². The zero-order valence-corrected chi connectivity index (χ0v) is 14.9. The molecule has 19 heavy (non-hydrogen) atoms. The molecule has 0 aromatic heterocycles. The Kier molecular flexibility index (Phi) is 14.5. The van der Waals surface area contributed by atoms with Crippen LogP contribution in [-0.2, 0) is 4.74 Å². The van der Waals surface area contributed by atoms with Gasteiger partial charge in [0.25, 0.3) is 0 Å². The van der Waals surface area contributed by atoms with Gasteiger partial charge in [-0.15, -0.1) is 3.94 Å². The Hall–Kier alpha value is 0.750. The first-order chi connectivity index (χ1) is 8.37. The summed E-state index contributed by atoms with van der Waals surface area (Å²) in [6, 6.07) is 0. The van der Waals surface area contributed by atoms with Crippen LogP contribution in [-0.4, -0.2) is 55.4 Å². The third kappa shape index (κ3) is 15.0. The van der Waals surface area contributed by atoms with Gasteiger partial charge >= 0.3 is 0 Å². The fourth-order valence-electron chi connectivity index (χ4n) is 1.67. The normalized spacial score (nSPS) is 13.4. The predicted octanol–water partition coefficient (Wildman–Crippen LogP) is 0.519. The van der Waals surface area contributed by atoms with E-state index in [9.17, 15) is 0 Å². The molecule has 118 valence electrons. The molecule has 0 heterocycles. The van der Waals surface area contributed by atoms with Crippen LogP contribution in [0.2, 0.25) is 0 Å². The molecule has 0 saturated carbocycles. The molecule has 0 fully saturated rings. The lowest BCUT2D eigenvalue weighted by Gasteiger charge is -2.31. The molecule has 0 bridgehead atoms. The van der Waals surface area contributed by atoms with Gasteiger partial charge in [0, 0.05) is 19.6 Å². The third-order valence-corrected chi connectivity index (χ3v) is 3.44. The summed E-state index contributed by atoms with van der Waals surface area (Å²) in [4.78, 5) is 0. The van der Waals surface area contributed by atoms with Crippen LogP contribution in [0.4, 0.5) is 0 Å². The summed E-state index contributed by atoms with van der Waals surface area (Å²) in [6.45, 7) is 8.99. The minimum Gasteiger partial charge on any atom is -1.00 e. The monoisotopic (exact) mass is 334 g/mol. The lowest BCUT2D eigenvalue weighted by atomic mass is 10.1. The van der Waals surface area contributed by atoms with Crippen molar-refractivity contribution in [1.82, 2.24) is 3.94 Å². The van der Waals surface area contributed by atoms with Gasteiger partial charge in [-0.25, -0.2) is 0 Å². The third-order valence-electron chi connectivity index (χ3n) is 3.16. The Morgan fingerprint density at radius 2 is 1.79 bits per heavy atom. The number of likely N-dealkylation sites (N-methyl/N-ethyl adjacent to an activating group) is 1. The summed E-state index contributed by atoms with van der Waals surface area (Å²) in [6.07, 6.45) is 3.48. The molecule has 0 N–H and O–H groups in total. The summed E-state index contributed by atoms with van der Waals surface area (Å²) >= 11 is 11.3. The molecule has 0 aliphatic heterocycles. The second kappa shape index (κ2) is 12.5. The fraction of sp³-hybridized carbons (Fsp3) is 1.00. The van der Waals surface area contributed by atoms with Crippen molar-refractivity contribution in [3.8, 4) is 0 Å². The van der Waals surface area contributed by atoms with Crippen LogP contribution < -0.4 is 12.4 Å². The highest BCUT2D eigenvalue weighted by Crippen LogP contribution is 2.12. The van der Waals surface area contributed by atoms with Crippen LogP contribution in [0, 0.1) is 5.92 Å². The molecule has 6 heteroatoms. The maximum atomic E-state index is 5.63. The Morgan fingerprint density at radius 1 is 1.16 bits per heavy atom. The van der Waals surface area contributed by atoms with E-state index in [1.807, 2.05) is 0 Å². The highest BCUT2D eigenvalue weighted by molar-refractivity contribution is 6.33. The van der Waals surface area contributed by atoms with Crippen molar-refractivity contribution >= 4 is 23.6 Å². The van der Waals surface area contributed by atoms with E-state index in [4.69, 9.17) is 28.3 Å². The Labute approximate surface area is 135 Å². The van der Waals surface area contributed by atoms with Gasteiger partial charge in [-0.2, -0.15) is 0 Å². The molecule has 0 radical (unpaired) electrons. The fourth-order valence-corrected chi connectivity index (χ4v) is 2.14. The minimum absolute atomic E-state index is 0. The van der Waals surface area contributed by atoms with E-state index in [1.165, 1.54) is 10.4 Å². The van der Waals surface area contributed by atoms with E-state index >= 15 is 0 Å². The molecule has 0 aromatic carbocycles. The SMILES string of the molecule is CCCCOCC[N+](C)(C)CCC(C)CN(Cl)Cl.[Cl-]. The van der Waals surface area contributed by atoms with E-state index in [1.54, 1.807) is 0 Å². The van der Waals surface area contributed by atoms with Crippen molar-refractivity contribution < 1.29 is 21.6 Å². The molecule has 3 nitrogen and oxygen atoms in total. The van der Waals surface area contributed by atoms with Crippen LogP contribution in [0.1, 0.15) is 33.1 Å². The summed E-state index contributed by atoms with van der Waals surface area (Å²) in [5, 5.41) is 0. The van der Waals surface area contributed by atoms with Gasteiger partial charge < -0.3 is 21.6 Å². The molecule has 0 rings (SSSR count). The molecule has 0 amide bonds. The number of nitrogens with zero attached hydrogens (tertiary/aromatic N) is 2. The van der Waals surface area contributed by atoms with Crippen molar-refractivity contribution in [2.24, 2.45) is 5.92 Å². The van der Waals surface area contributed by atoms with Crippen molar-refractivity contribution in [3.63, 3.8) is 0 Å². The lowest BCUT2D eigenvalue weighted by Crippen LogP contribution is -3.00. The number of hydrogen-bond donors (Lipinski definition) is 0. The average Bonchev–Trinajstić information content (AvgIpc) is 2.25. The van der Waals surface area contributed by atoms with Crippen LogP contribution in [0.25, 0.3) is 0 Å². The highest BCUT2D eigenvalue weighted by Gasteiger charge is 2.17. The number of unbranched alkanes of at least 4 members (excludes halogenated alkanes) is 1. The van der Waals surface area contributed by atoms with Gasteiger partial charge in [0.05, 0.1) is 27.2 Å². The number of ether oxygens (including phenoxy) is 1. The Morgan fingerprint density at radius 3 is 2.32 bits per heavy atom. The predicted molar refractivity (Wildman–Crippen MR) is 79.8 cm³/mol. The zero-order chi connectivity index (χ0) is 14.0. The lowest BCUT2D eigenvalue weighted by molar-refractivity contribution is -0.891. The molecular weight excluding hydrogens is 307 g/mol. The molecule has 0 aliphatic rings. The summed E-state index contributed by atoms with van der Waals surface area (Å²) in [5.41, 5.74) is 0. The van der Waals surface area contributed by atoms with E-state index in [2.05, 4.69) is 27.9 Å². The number of halogens is 3. The van der Waals surface area contributed by atoms with Gasteiger partial charge in [-0.05, 0) is 35.9 Å². The number of rotatable bonds is 11. The molecule has 0 spiro atoms. The first kappa shape index (κ1) is 22.0. The molecular formula is C13H29Cl3N2O. The molecule has 1 unspecified atom stereocenters. The van der Waals surface area contributed by atoms with E-state index in [-0.39, 0.29) is 12.4 Å². The first-order valence-corrected chi connectivity index (χ1v) is 7.54. The second-order valence-corrected chi connectivity index (χ2v) is 6.72.